The Morgan fingerprint density at radius 3 is 2.69 bits per heavy atom. The van der Waals surface area contributed by atoms with Gasteiger partial charge in [0.1, 0.15) is 5.82 Å². The van der Waals surface area contributed by atoms with Crippen molar-refractivity contribution in [3.63, 3.8) is 0 Å². The highest BCUT2D eigenvalue weighted by molar-refractivity contribution is 5.56. The number of allylic oxidation sites excluding steroid dienone is 2. The Hall–Kier alpha value is -1.91. The maximum Gasteiger partial charge on any atom is 0.101 e. The molecule has 0 amide bonds. The largest absolute Gasteiger partial charge is 0.403 e. The molecule has 1 aliphatic rings. The van der Waals surface area contributed by atoms with E-state index in [-0.39, 0.29) is 0 Å². The Balaban J connectivity index is 2.17. The quantitative estimate of drug-likeness (QED) is 0.724. The van der Waals surface area contributed by atoms with Gasteiger partial charge in [0, 0.05) is 31.6 Å². The Morgan fingerprint density at radius 2 is 2.25 bits per heavy atom. The molecule has 0 atom stereocenters. The van der Waals surface area contributed by atoms with Crippen LogP contribution in [0.2, 0.25) is 0 Å². The summed E-state index contributed by atoms with van der Waals surface area (Å²) in [5.41, 5.74) is 13.3. The van der Waals surface area contributed by atoms with Crippen LogP contribution in [0.5, 0.6) is 0 Å². The molecule has 0 spiro atoms. The molecular formula is C11H17N5. The molecule has 2 rings (SSSR count). The monoisotopic (exact) mass is 219 g/mol. The second kappa shape index (κ2) is 4.30. The highest BCUT2D eigenvalue weighted by Gasteiger charge is 2.14. The topological polar surface area (TPSA) is 73.1 Å². The minimum Gasteiger partial charge on any atom is -0.403 e. The number of nitrogens with two attached hydrogens (primary N) is 2. The van der Waals surface area contributed by atoms with E-state index in [9.17, 15) is 0 Å². The summed E-state index contributed by atoms with van der Waals surface area (Å²) in [4.78, 5) is 2.11. The second-order valence-corrected chi connectivity index (χ2v) is 3.90. The van der Waals surface area contributed by atoms with Crippen molar-refractivity contribution in [3.05, 3.63) is 36.1 Å². The van der Waals surface area contributed by atoms with Crippen LogP contribution in [0.15, 0.2) is 30.4 Å². The number of hydrogen-bond acceptors (Lipinski definition) is 4. The Bertz CT molecular complexity index is 425. The summed E-state index contributed by atoms with van der Waals surface area (Å²) in [5.74, 6) is 0.746. The predicted molar refractivity (Wildman–Crippen MR) is 63.9 cm³/mol. The summed E-state index contributed by atoms with van der Waals surface area (Å²) in [5, 5.41) is 4.29. The molecule has 0 bridgehead atoms. The Morgan fingerprint density at radius 1 is 1.50 bits per heavy atom. The van der Waals surface area contributed by atoms with Gasteiger partial charge in [-0.2, -0.15) is 5.10 Å². The average molecular weight is 219 g/mol. The molecule has 4 N–H and O–H groups in total. The number of hydrogen-bond donors (Lipinski definition) is 2. The molecule has 0 aromatic carbocycles. The van der Waals surface area contributed by atoms with Gasteiger partial charge in [0.25, 0.3) is 0 Å². The first-order valence-electron chi connectivity index (χ1n) is 5.37. The van der Waals surface area contributed by atoms with Crippen LogP contribution < -0.4 is 11.5 Å². The summed E-state index contributed by atoms with van der Waals surface area (Å²) in [6.07, 6.45) is 6.44. The summed E-state index contributed by atoms with van der Waals surface area (Å²) in [7, 11) is 0. The summed E-state index contributed by atoms with van der Waals surface area (Å²) >= 11 is 0. The molecule has 1 aromatic heterocycles. The summed E-state index contributed by atoms with van der Waals surface area (Å²) < 4.78 is 1.72. The third-order valence-corrected chi connectivity index (χ3v) is 2.67. The van der Waals surface area contributed by atoms with Crippen molar-refractivity contribution in [1.29, 1.82) is 0 Å². The molecule has 0 unspecified atom stereocenters. The first-order valence-corrected chi connectivity index (χ1v) is 5.37. The standard InChI is InChI=1S/C11H17N5/c1-9-3-6-16(14-9)10(8-12)7-11(13)15-4-2-5-15/h3,6-8H,2,4-5,12-13H2,1H3/b10-8+,11-7+. The normalized spacial score (nSPS) is 17.4. The van der Waals surface area contributed by atoms with E-state index in [1.165, 1.54) is 12.6 Å². The van der Waals surface area contributed by atoms with E-state index in [1.807, 2.05) is 25.3 Å². The lowest BCUT2D eigenvalue weighted by Gasteiger charge is -2.33. The molecule has 0 saturated carbocycles. The van der Waals surface area contributed by atoms with Crippen LogP contribution in [0.1, 0.15) is 12.1 Å². The predicted octanol–water partition coefficient (Wildman–Crippen LogP) is 0.454. The Kier molecular flexibility index (Phi) is 2.85. The third kappa shape index (κ3) is 2.03. The number of aromatic nitrogens is 2. The van der Waals surface area contributed by atoms with Crippen molar-refractivity contribution < 1.29 is 0 Å². The molecule has 5 nitrogen and oxygen atoms in total. The van der Waals surface area contributed by atoms with E-state index >= 15 is 0 Å². The zero-order valence-corrected chi connectivity index (χ0v) is 9.43. The molecule has 1 saturated heterocycles. The van der Waals surface area contributed by atoms with Crippen LogP contribution in [0.4, 0.5) is 0 Å². The van der Waals surface area contributed by atoms with Gasteiger partial charge in [-0.25, -0.2) is 4.68 Å². The SMILES string of the molecule is Cc1ccn(C(/C=C(\N)N2CCC2)=C/N)n1. The minimum atomic E-state index is 0.746. The second-order valence-electron chi connectivity index (χ2n) is 3.90. The smallest absolute Gasteiger partial charge is 0.101 e. The van der Waals surface area contributed by atoms with Gasteiger partial charge in [-0.15, -0.1) is 0 Å². The maximum atomic E-state index is 5.95. The van der Waals surface area contributed by atoms with Gasteiger partial charge < -0.3 is 16.4 Å². The zero-order chi connectivity index (χ0) is 11.5. The van der Waals surface area contributed by atoms with Gasteiger partial charge in [0.2, 0.25) is 0 Å². The highest BCUT2D eigenvalue weighted by Crippen LogP contribution is 2.14. The van der Waals surface area contributed by atoms with Crippen LogP contribution in [-0.2, 0) is 0 Å². The van der Waals surface area contributed by atoms with Crippen molar-refractivity contribution in [2.24, 2.45) is 11.5 Å². The molecule has 5 heteroatoms. The summed E-state index contributed by atoms with van der Waals surface area (Å²) in [6.45, 7) is 3.99. The third-order valence-electron chi connectivity index (χ3n) is 2.67. The lowest BCUT2D eigenvalue weighted by Crippen LogP contribution is -2.39. The van der Waals surface area contributed by atoms with Gasteiger partial charge in [-0.3, -0.25) is 0 Å². The molecular weight excluding hydrogens is 202 g/mol. The van der Waals surface area contributed by atoms with Crippen LogP contribution in [0.3, 0.4) is 0 Å². The van der Waals surface area contributed by atoms with E-state index < -0.39 is 0 Å². The number of nitrogens with zero attached hydrogens (tertiary/aromatic N) is 3. The van der Waals surface area contributed by atoms with Gasteiger partial charge in [-0.1, -0.05) is 0 Å². The van der Waals surface area contributed by atoms with Crippen LogP contribution >= 0.6 is 0 Å². The molecule has 1 aliphatic heterocycles. The lowest BCUT2D eigenvalue weighted by molar-refractivity contribution is 0.236. The first kappa shape index (κ1) is 10.6. The molecule has 2 heterocycles. The number of likely N-dealkylation sites (tertiary alicyclic amines) is 1. The van der Waals surface area contributed by atoms with Crippen LogP contribution in [0, 0.1) is 6.92 Å². The van der Waals surface area contributed by atoms with Crippen molar-refractivity contribution >= 4 is 5.70 Å². The fraction of sp³-hybridized carbons (Fsp3) is 0.364. The van der Waals surface area contributed by atoms with Crippen LogP contribution in [0.25, 0.3) is 5.70 Å². The Labute approximate surface area is 95.0 Å². The fourth-order valence-electron chi connectivity index (χ4n) is 1.57. The maximum absolute atomic E-state index is 5.95. The van der Waals surface area contributed by atoms with Crippen molar-refractivity contribution in [3.8, 4) is 0 Å². The lowest BCUT2D eigenvalue weighted by atomic mass is 10.2. The molecule has 1 aromatic rings. The van der Waals surface area contributed by atoms with E-state index in [4.69, 9.17) is 11.5 Å². The number of aryl methyl sites for hydroxylation is 1. The van der Waals surface area contributed by atoms with Crippen molar-refractivity contribution in [1.82, 2.24) is 14.7 Å². The van der Waals surface area contributed by atoms with Crippen molar-refractivity contribution in [2.75, 3.05) is 13.1 Å². The van der Waals surface area contributed by atoms with Gasteiger partial charge in [-0.05, 0) is 19.4 Å². The van der Waals surface area contributed by atoms with Gasteiger partial charge in [0.15, 0.2) is 0 Å². The molecule has 16 heavy (non-hydrogen) atoms. The molecule has 86 valence electrons. The van der Waals surface area contributed by atoms with Crippen molar-refractivity contribution in [2.45, 2.75) is 13.3 Å². The average Bonchev–Trinajstić information content (AvgIpc) is 2.58. The minimum absolute atomic E-state index is 0.746. The zero-order valence-electron chi connectivity index (χ0n) is 9.43. The van der Waals surface area contributed by atoms with Crippen LogP contribution in [-0.4, -0.2) is 27.8 Å². The van der Waals surface area contributed by atoms with E-state index in [0.717, 1.165) is 30.3 Å². The van der Waals surface area contributed by atoms with E-state index in [0.29, 0.717) is 0 Å². The molecule has 1 fully saturated rings. The van der Waals surface area contributed by atoms with Gasteiger partial charge in [0.05, 0.1) is 11.4 Å². The van der Waals surface area contributed by atoms with E-state index in [1.54, 1.807) is 4.68 Å². The van der Waals surface area contributed by atoms with E-state index in [2.05, 4.69) is 10.00 Å². The molecule has 0 radical (unpaired) electrons. The summed E-state index contributed by atoms with van der Waals surface area (Å²) in [6, 6.07) is 1.93. The number of rotatable bonds is 3. The molecule has 0 aliphatic carbocycles. The first-order chi connectivity index (χ1) is 7.70. The fourth-order valence-corrected chi connectivity index (χ4v) is 1.57. The highest BCUT2D eigenvalue weighted by atomic mass is 15.3. The van der Waals surface area contributed by atoms with Gasteiger partial charge >= 0.3 is 0 Å².